The molecule has 0 atom stereocenters. The first-order valence-electron chi connectivity index (χ1n) is 11.5. The van der Waals surface area contributed by atoms with Crippen molar-refractivity contribution in [2.24, 2.45) is 10.9 Å². The molecular weight excluding hydrogens is 360 g/mol. The van der Waals surface area contributed by atoms with Crippen molar-refractivity contribution in [1.82, 2.24) is 15.1 Å². The lowest BCUT2D eigenvalue weighted by atomic mass is 9.96. The predicted octanol–water partition coefficient (Wildman–Crippen LogP) is 3.89. The third-order valence-corrected chi connectivity index (χ3v) is 6.37. The Kier molecular flexibility index (Phi) is 9.29. The molecule has 0 spiro atoms. The second-order valence-corrected chi connectivity index (χ2v) is 8.67. The van der Waals surface area contributed by atoms with Crippen LogP contribution in [0.15, 0.2) is 29.3 Å². The molecule has 1 aromatic rings. The predicted molar refractivity (Wildman–Crippen MR) is 121 cm³/mol. The summed E-state index contributed by atoms with van der Waals surface area (Å²) < 4.78 is 5.47. The van der Waals surface area contributed by atoms with E-state index in [-0.39, 0.29) is 0 Å². The number of benzene rings is 1. The van der Waals surface area contributed by atoms with E-state index in [0.29, 0.717) is 0 Å². The van der Waals surface area contributed by atoms with Gasteiger partial charge in [-0.3, -0.25) is 9.89 Å². The maximum absolute atomic E-state index is 5.47. The van der Waals surface area contributed by atoms with Gasteiger partial charge in [-0.2, -0.15) is 0 Å². The number of hydrogen-bond donors (Lipinski definition) is 1. The molecule has 2 aliphatic heterocycles. The van der Waals surface area contributed by atoms with E-state index in [1.807, 2.05) is 7.05 Å². The van der Waals surface area contributed by atoms with Gasteiger partial charge >= 0.3 is 0 Å². The first-order chi connectivity index (χ1) is 14.2. The van der Waals surface area contributed by atoms with Gasteiger partial charge in [-0.25, -0.2) is 0 Å². The van der Waals surface area contributed by atoms with E-state index in [0.717, 1.165) is 44.7 Å². The molecule has 0 bridgehead atoms. The standard InChI is InChI=1S/C24H40N4O/c1-25-24(27(2)16-11-21-12-17-29-18-13-21)26-19-22-7-9-23(10-8-22)20-28-14-5-3-4-6-15-28/h7-10,21H,3-6,11-20H2,1-2H3,(H,25,26). The summed E-state index contributed by atoms with van der Waals surface area (Å²) in [5.74, 6) is 1.77. The lowest BCUT2D eigenvalue weighted by molar-refractivity contribution is 0.0625. The van der Waals surface area contributed by atoms with Crippen LogP contribution in [0.3, 0.4) is 0 Å². The molecular formula is C24H40N4O. The fourth-order valence-corrected chi connectivity index (χ4v) is 4.40. The molecule has 0 radical (unpaired) electrons. The van der Waals surface area contributed by atoms with Crippen molar-refractivity contribution in [3.05, 3.63) is 35.4 Å². The largest absolute Gasteiger partial charge is 0.381 e. The average Bonchev–Trinajstić information content (AvgIpc) is 3.03. The van der Waals surface area contributed by atoms with Gasteiger partial charge in [-0.15, -0.1) is 0 Å². The van der Waals surface area contributed by atoms with E-state index in [1.165, 1.54) is 69.2 Å². The van der Waals surface area contributed by atoms with Gasteiger partial charge < -0.3 is 15.0 Å². The first-order valence-corrected chi connectivity index (χ1v) is 11.5. The zero-order chi connectivity index (χ0) is 20.3. The number of ether oxygens (including phenoxy) is 1. The van der Waals surface area contributed by atoms with Crippen LogP contribution in [0.5, 0.6) is 0 Å². The van der Waals surface area contributed by atoms with E-state index >= 15 is 0 Å². The number of nitrogens with zero attached hydrogens (tertiary/aromatic N) is 3. The van der Waals surface area contributed by atoms with Gasteiger partial charge in [-0.1, -0.05) is 37.1 Å². The molecule has 0 unspecified atom stereocenters. The highest BCUT2D eigenvalue weighted by Crippen LogP contribution is 2.18. The van der Waals surface area contributed by atoms with E-state index in [2.05, 4.69) is 51.4 Å². The summed E-state index contributed by atoms with van der Waals surface area (Å²) in [6.07, 6.45) is 9.10. The topological polar surface area (TPSA) is 40.1 Å². The Morgan fingerprint density at radius 3 is 2.38 bits per heavy atom. The Bertz CT molecular complexity index is 602. The van der Waals surface area contributed by atoms with Gasteiger partial charge in [0.2, 0.25) is 0 Å². The third-order valence-electron chi connectivity index (χ3n) is 6.37. The maximum atomic E-state index is 5.47. The monoisotopic (exact) mass is 400 g/mol. The van der Waals surface area contributed by atoms with Gasteiger partial charge in [0.25, 0.3) is 0 Å². The van der Waals surface area contributed by atoms with Crippen LogP contribution in [0.25, 0.3) is 0 Å². The molecule has 0 saturated carbocycles. The van der Waals surface area contributed by atoms with Gasteiger partial charge in [0.05, 0.1) is 0 Å². The Morgan fingerprint density at radius 1 is 1.07 bits per heavy atom. The molecule has 3 rings (SSSR count). The Labute approximate surface area is 177 Å². The van der Waals surface area contributed by atoms with Crippen molar-refractivity contribution in [2.75, 3.05) is 46.9 Å². The molecule has 2 aliphatic rings. The molecule has 0 aromatic heterocycles. The number of hydrogen-bond acceptors (Lipinski definition) is 3. The summed E-state index contributed by atoms with van der Waals surface area (Å²) in [4.78, 5) is 9.33. The van der Waals surface area contributed by atoms with Crippen molar-refractivity contribution in [2.45, 2.75) is 58.0 Å². The van der Waals surface area contributed by atoms with Crippen LogP contribution in [0.4, 0.5) is 0 Å². The van der Waals surface area contributed by atoms with E-state index in [9.17, 15) is 0 Å². The normalized spacial score (nSPS) is 19.7. The molecule has 2 heterocycles. The van der Waals surface area contributed by atoms with Crippen LogP contribution in [-0.2, 0) is 17.8 Å². The molecule has 162 valence electrons. The summed E-state index contributed by atoms with van der Waals surface area (Å²) in [6.45, 7) is 7.30. The van der Waals surface area contributed by atoms with E-state index in [4.69, 9.17) is 4.74 Å². The third kappa shape index (κ3) is 7.63. The van der Waals surface area contributed by atoms with Crippen LogP contribution in [-0.4, -0.2) is 62.7 Å². The van der Waals surface area contributed by atoms with Gasteiger partial charge in [0.15, 0.2) is 5.96 Å². The van der Waals surface area contributed by atoms with Crippen LogP contribution in [0.2, 0.25) is 0 Å². The summed E-state index contributed by atoms with van der Waals surface area (Å²) in [5.41, 5.74) is 2.73. The van der Waals surface area contributed by atoms with Crippen LogP contribution < -0.4 is 5.32 Å². The summed E-state index contributed by atoms with van der Waals surface area (Å²) in [6, 6.07) is 9.10. The Hall–Kier alpha value is -1.59. The molecule has 5 nitrogen and oxygen atoms in total. The molecule has 0 amide bonds. The minimum absolute atomic E-state index is 0.793. The van der Waals surface area contributed by atoms with Gasteiger partial charge in [0, 0.05) is 46.9 Å². The average molecular weight is 401 g/mol. The molecule has 5 heteroatoms. The quantitative estimate of drug-likeness (QED) is 0.557. The van der Waals surface area contributed by atoms with Crippen LogP contribution in [0.1, 0.15) is 56.1 Å². The Morgan fingerprint density at radius 2 is 1.72 bits per heavy atom. The zero-order valence-corrected chi connectivity index (χ0v) is 18.5. The summed E-state index contributed by atoms with van der Waals surface area (Å²) in [5, 5.41) is 3.52. The number of guanidine groups is 1. The van der Waals surface area contributed by atoms with Crippen LogP contribution in [0, 0.1) is 5.92 Å². The second kappa shape index (κ2) is 12.2. The van der Waals surface area contributed by atoms with E-state index < -0.39 is 0 Å². The number of likely N-dealkylation sites (tertiary alicyclic amines) is 1. The maximum Gasteiger partial charge on any atom is 0.193 e. The first kappa shape index (κ1) is 22.1. The van der Waals surface area contributed by atoms with Crippen molar-refractivity contribution in [1.29, 1.82) is 0 Å². The minimum Gasteiger partial charge on any atom is -0.381 e. The summed E-state index contributed by atoms with van der Waals surface area (Å²) in [7, 11) is 4.01. The SMILES string of the molecule is CN=C(NCc1ccc(CN2CCCCCC2)cc1)N(C)CCC1CCOCC1. The van der Waals surface area contributed by atoms with Crippen molar-refractivity contribution >= 4 is 5.96 Å². The van der Waals surface area contributed by atoms with Crippen molar-refractivity contribution < 1.29 is 4.74 Å². The fraction of sp³-hybridized carbons (Fsp3) is 0.708. The van der Waals surface area contributed by atoms with Gasteiger partial charge in [-0.05, 0) is 62.2 Å². The lowest BCUT2D eigenvalue weighted by Crippen LogP contribution is -2.39. The van der Waals surface area contributed by atoms with E-state index in [1.54, 1.807) is 0 Å². The highest BCUT2D eigenvalue weighted by molar-refractivity contribution is 5.79. The zero-order valence-electron chi connectivity index (χ0n) is 18.5. The molecule has 1 aromatic carbocycles. The number of nitrogens with one attached hydrogen (secondary N) is 1. The lowest BCUT2D eigenvalue weighted by Gasteiger charge is -2.27. The number of rotatable bonds is 7. The fourth-order valence-electron chi connectivity index (χ4n) is 4.40. The van der Waals surface area contributed by atoms with Crippen LogP contribution >= 0.6 is 0 Å². The second-order valence-electron chi connectivity index (χ2n) is 8.67. The highest BCUT2D eigenvalue weighted by atomic mass is 16.5. The molecule has 2 saturated heterocycles. The van der Waals surface area contributed by atoms with Crippen molar-refractivity contribution in [3.8, 4) is 0 Å². The molecule has 29 heavy (non-hydrogen) atoms. The van der Waals surface area contributed by atoms with Gasteiger partial charge in [0.1, 0.15) is 0 Å². The molecule has 2 fully saturated rings. The van der Waals surface area contributed by atoms with Crippen molar-refractivity contribution in [3.63, 3.8) is 0 Å². The Balaban J connectivity index is 1.41. The summed E-state index contributed by atoms with van der Waals surface area (Å²) >= 11 is 0. The molecule has 1 N–H and O–H groups in total. The minimum atomic E-state index is 0.793. The molecule has 0 aliphatic carbocycles. The number of aliphatic imine (C=N–C) groups is 1. The smallest absolute Gasteiger partial charge is 0.193 e. The highest BCUT2D eigenvalue weighted by Gasteiger charge is 2.15.